The molecule has 0 aromatic heterocycles. The molecule has 1 fully saturated rings. The summed E-state index contributed by atoms with van der Waals surface area (Å²) >= 11 is 1.05. The number of aliphatic carboxylic acids is 1. The molecule has 7 nitrogen and oxygen atoms in total. The molecule has 1 aliphatic heterocycles. The summed E-state index contributed by atoms with van der Waals surface area (Å²) in [5, 5.41) is 8.57. The number of piperazine rings is 1. The van der Waals surface area contributed by atoms with Gasteiger partial charge in [0.1, 0.15) is 0 Å². The molecule has 0 unspecified atom stereocenters. The second-order valence-electron chi connectivity index (χ2n) is 5.41. The third kappa shape index (κ3) is 5.09. The molecule has 0 atom stereocenters. The van der Waals surface area contributed by atoms with Gasteiger partial charge in [0.15, 0.2) is 11.6 Å². The average Bonchev–Trinajstić information content (AvgIpc) is 2.60. The largest absolute Gasteiger partial charge is 0.494 e. The minimum absolute atomic E-state index is 0.0748. The van der Waals surface area contributed by atoms with E-state index in [1.807, 2.05) is 0 Å². The van der Waals surface area contributed by atoms with Crippen LogP contribution < -0.4 is 4.74 Å². The summed E-state index contributed by atoms with van der Waals surface area (Å²) in [6.45, 7) is 1.44. The van der Waals surface area contributed by atoms with Crippen LogP contribution >= 0.6 is 11.8 Å². The highest BCUT2D eigenvalue weighted by molar-refractivity contribution is 8.00. The number of rotatable bonds is 6. The van der Waals surface area contributed by atoms with Crippen LogP contribution in [0.2, 0.25) is 0 Å². The molecule has 2 amide bonds. The number of amides is 2. The molecule has 25 heavy (non-hydrogen) atoms. The molecule has 136 valence electrons. The summed E-state index contributed by atoms with van der Waals surface area (Å²) in [5.74, 6) is -1.94. The number of carboxylic acids is 1. The average molecular weight is 370 g/mol. The Morgan fingerprint density at radius 2 is 1.80 bits per heavy atom. The molecule has 1 aromatic carbocycles. The number of carbonyl (C=O) groups is 3. The molecular weight excluding hydrogens is 351 g/mol. The van der Waals surface area contributed by atoms with Crippen molar-refractivity contribution in [3.63, 3.8) is 0 Å². The van der Waals surface area contributed by atoms with Gasteiger partial charge >= 0.3 is 5.97 Å². The van der Waals surface area contributed by atoms with Gasteiger partial charge in [0.05, 0.1) is 18.6 Å². The van der Waals surface area contributed by atoms with Crippen molar-refractivity contribution in [2.75, 3.05) is 44.8 Å². The van der Waals surface area contributed by atoms with E-state index in [1.165, 1.54) is 19.2 Å². The van der Waals surface area contributed by atoms with Gasteiger partial charge in [-0.15, -0.1) is 11.8 Å². The van der Waals surface area contributed by atoms with Crippen molar-refractivity contribution in [2.45, 2.75) is 0 Å². The quantitative estimate of drug-likeness (QED) is 0.802. The number of nitrogens with zero attached hydrogens (tertiary/aromatic N) is 2. The maximum Gasteiger partial charge on any atom is 0.313 e. The number of hydrogen-bond donors (Lipinski definition) is 1. The number of benzene rings is 1. The topological polar surface area (TPSA) is 87.2 Å². The van der Waals surface area contributed by atoms with Gasteiger partial charge in [-0.2, -0.15) is 0 Å². The second-order valence-corrected chi connectivity index (χ2v) is 6.39. The van der Waals surface area contributed by atoms with Crippen LogP contribution in [-0.4, -0.2) is 77.5 Å². The molecule has 1 aliphatic rings. The fourth-order valence-corrected chi connectivity index (χ4v) is 3.09. The van der Waals surface area contributed by atoms with Gasteiger partial charge < -0.3 is 19.6 Å². The van der Waals surface area contributed by atoms with E-state index in [-0.39, 0.29) is 34.6 Å². The van der Waals surface area contributed by atoms with Gasteiger partial charge in [-0.3, -0.25) is 14.4 Å². The lowest BCUT2D eigenvalue weighted by molar-refractivity contribution is -0.133. The number of halogens is 1. The van der Waals surface area contributed by atoms with Crippen molar-refractivity contribution < 1.29 is 28.6 Å². The fraction of sp³-hybridized carbons (Fsp3) is 0.438. The minimum Gasteiger partial charge on any atom is -0.494 e. The van der Waals surface area contributed by atoms with Crippen LogP contribution in [0.25, 0.3) is 0 Å². The molecule has 0 aliphatic carbocycles. The van der Waals surface area contributed by atoms with E-state index in [2.05, 4.69) is 0 Å². The Hall–Kier alpha value is -2.29. The van der Waals surface area contributed by atoms with Crippen LogP contribution in [0.15, 0.2) is 18.2 Å². The Kier molecular flexibility index (Phi) is 6.63. The van der Waals surface area contributed by atoms with E-state index >= 15 is 0 Å². The van der Waals surface area contributed by atoms with Crippen LogP contribution in [0.4, 0.5) is 4.39 Å². The summed E-state index contributed by atoms with van der Waals surface area (Å²) in [6, 6.07) is 4.05. The molecule has 9 heteroatoms. The summed E-state index contributed by atoms with van der Waals surface area (Å²) in [6.07, 6.45) is 0. The molecule has 1 aromatic rings. The predicted octanol–water partition coefficient (Wildman–Crippen LogP) is 0.937. The first-order chi connectivity index (χ1) is 11.9. The number of ether oxygens (including phenoxy) is 1. The lowest BCUT2D eigenvalue weighted by atomic mass is 10.1. The first-order valence-corrected chi connectivity index (χ1v) is 8.78. The monoisotopic (exact) mass is 370 g/mol. The van der Waals surface area contributed by atoms with Crippen molar-refractivity contribution >= 4 is 29.5 Å². The highest BCUT2D eigenvalue weighted by Gasteiger charge is 2.25. The summed E-state index contributed by atoms with van der Waals surface area (Å²) in [4.78, 5) is 38.0. The Morgan fingerprint density at radius 3 is 2.36 bits per heavy atom. The predicted molar refractivity (Wildman–Crippen MR) is 90.4 cm³/mol. The SMILES string of the molecule is COc1ccc(C(=O)N2CCN(C(=O)CSCC(=O)O)CC2)cc1F. The summed E-state index contributed by atoms with van der Waals surface area (Å²) in [7, 11) is 1.35. The smallest absolute Gasteiger partial charge is 0.313 e. The van der Waals surface area contributed by atoms with Gasteiger partial charge in [0.2, 0.25) is 5.91 Å². The Balaban J connectivity index is 1.87. The van der Waals surface area contributed by atoms with Crippen LogP contribution in [0.3, 0.4) is 0 Å². The van der Waals surface area contributed by atoms with Gasteiger partial charge in [0, 0.05) is 31.7 Å². The lowest BCUT2D eigenvalue weighted by Crippen LogP contribution is -2.51. The molecule has 1 heterocycles. The molecule has 0 radical (unpaired) electrons. The molecular formula is C16H19FN2O5S. The molecule has 2 rings (SSSR count). The Morgan fingerprint density at radius 1 is 1.16 bits per heavy atom. The summed E-state index contributed by atoms with van der Waals surface area (Å²) in [5.41, 5.74) is 0.232. The van der Waals surface area contributed by atoms with Gasteiger partial charge in [0.25, 0.3) is 5.91 Å². The zero-order chi connectivity index (χ0) is 18.4. The zero-order valence-electron chi connectivity index (χ0n) is 13.7. The van der Waals surface area contributed by atoms with E-state index in [0.717, 1.165) is 17.8 Å². The standard InChI is InChI=1S/C16H19FN2O5S/c1-24-13-3-2-11(8-12(13)17)16(23)19-6-4-18(5-7-19)14(20)9-25-10-15(21)22/h2-3,8H,4-7,9-10H2,1H3,(H,21,22). The zero-order valence-corrected chi connectivity index (χ0v) is 14.6. The van der Waals surface area contributed by atoms with Crippen molar-refractivity contribution in [1.82, 2.24) is 9.80 Å². The van der Waals surface area contributed by atoms with Crippen LogP contribution in [0.1, 0.15) is 10.4 Å². The van der Waals surface area contributed by atoms with Gasteiger partial charge in [-0.25, -0.2) is 4.39 Å². The third-order valence-electron chi connectivity index (χ3n) is 3.77. The normalized spacial score (nSPS) is 14.3. The fourth-order valence-electron chi connectivity index (χ4n) is 2.46. The molecule has 0 spiro atoms. The first kappa shape index (κ1) is 19.0. The maximum atomic E-state index is 13.7. The highest BCUT2D eigenvalue weighted by atomic mass is 32.2. The molecule has 0 saturated carbocycles. The lowest BCUT2D eigenvalue weighted by Gasteiger charge is -2.34. The molecule has 1 N–H and O–H groups in total. The maximum absolute atomic E-state index is 13.7. The highest BCUT2D eigenvalue weighted by Crippen LogP contribution is 2.19. The van der Waals surface area contributed by atoms with Crippen molar-refractivity contribution in [2.24, 2.45) is 0 Å². The number of carbonyl (C=O) groups excluding carboxylic acids is 2. The third-order valence-corrected chi connectivity index (χ3v) is 4.67. The van der Waals surface area contributed by atoms with Gasteiger partial charge in [-0.1, -0.05) is 0 Å². The van der Waals surface area contributed by atoms with Crippen molar-refractivity contribution in [1.29, 1.82) is 0 Å². The van der Waals surface area contributed by atoms with E-state index in [9.17, 15) is 18.8 Å². The molecule has 1 saturated heterocycles. The van der Waals surface area contributed by atoms with E-state index in [4.69, 9.17) is 9.84 Å². The number of hydrogen-bond acceptors (Lipinski definition) is 5. The second kappa shape index (κ2) is 8.70. The Labute approximate surface area is 148 Å². The first-order valence-electron chi connectivity index (χ1n) is 7.62. The van der Waals surface area contributed by atoms with Crippen LogP contribution in [0, 0.1) is 5.82 Å². The minimum atomic E-state index is -0.958. The van der Waals surface area contributed by atoms with Crippen molar-refractivity contribution in [3.05, 3.63) is 29.6 Å². The van der Waals surface area contributed by atoms with E-state index in [0.29, 0.717) is 26.2 Å². The number of carboxylic acid groups (broad SMARTS) is 1. The van der Waals surface area contributed by atoms with E-state index in [1.54, 1.807) is 9.80 Å². The van der Waals surface area contributed by atoms with Crippen LogP contribution in [-0.2, 0) is 9.59 Å². The van der Waals surface area contributed by atoms with Crippen LogP contribution in [0.5, 0.6) is 5.75 Å². The van der Waals surface area contributed by atoms with Gasteiger partial charge in [-0.05, 0) is 18.2 Å². The number of thioether (sulfide) groups is 1. The number of methoxy groups -OCH3 is 1. The van der Waals surface area contributed by atoms with Crippen molar-refractivity contribution in [3.8, 4) is 5.75 Å². The summed E-state index contributed by atoms with van der Waals surface area (Å²) < 4.78 is 18.6. The Bertz CT molecular complexity index is 662. The molecule has 0 bridgehead atoms. The van der Waals surface area contributed by atoms with E-state index < -0.39 is 11.8 Å².